The van der Waals surface area contributed by atoms with Gasteiger partial charge < -0.3 is 0 Å². The third kappa shape index (κ3) is 4.63. The van der Waals surface area contributed by atoms with Gasteiger partial charge in [-0.1, -0.05) is 18.5 Å². The number of hydrogen-bond donors (Lipinski definition) is 0. The Hall–Kier alpha value is -0.920. The molecule has 0 radical (unpaired) electrons. The van der Waals surface area contributed by atoms with Crippen molar-refractivity contribution < 1.29 is 43.9 Å². The fraction of sp³-hybridized carbons (Fsp3) is 0. The molecule has 13 heteroatoms. The van der Waals surface area contributed by atoms with E-state index < -0.39 is 68.8 Å². The Morgan fingerprint density at radius 2 is 0.440 bits per heavy atom. The van der Waals surface area contributed by atoms with Crippen LogP contribution in [0.25, 0.3) is 0 Å². The zero-order valence-electron chi connectivity index (χ0n) is 11.3. The maximum absolute atomic E-state index is 12.4. The van der Waals surface area contributed by atoms with Crippen LogP contribution in [0.2, 0.25) is 0 Å². The lowest BCUT2D eigenvalue weighted by molar-refractivity contribution is 0.384. The van der Waals surface area contributed by atoms with E-state index in [0.717, 1.165) is 0 Å². The van der Waals surface area contributed by atoms with Crippen LogP contribution >= 0.6 is 35.5 Å². The van der Waals surface area contributed by atoms with Gasteiger partial charge in [0.15, 0.2) is 46.5 Å². The molecule has 2 rings (SSSR count). The first-order valence-electron chi connectivity index (χ1n) is 5.47. The van der Waals surface area contributed by atoms with Crippen LogP contribution in [-0.4, -0.2) is 0 Å². The number of benzene rings is 2. The van der Waals surface area contributed by atoms with Crippen molar-refractivity contribution in [2.45, 2.75) is 0 Å². The first-order chi connectivity index (χ1) is 10.9. The van der Waals surface area contributed by atoms with Gasteiger partial charge in [0.05, 0.1) is 0 Å². The highest BCUT2D eigenvalue weighted by atomic mass is 79.9. The molecule has 0 nitrogen and oxygen atoms in total. The lowest BCUT2D eigenvalue weighted by Gasteiger charge is -2.02. The van der Waals surface area contributed by atoms with Crippen LogP contribution in [0.5, 0.6) is 0 Å². The molecule has 0 spiro atoms. The Morgan fingerprint density at radius 3 is 0.600 bits per heavy atom. The predicted molar refractivity (Wildman–Crippen MR) is 81.5 cm³/mol. The highest BCUT2D eigenvalue weighted by Crippen LogP contribution is 2.18. The molecule has 0 aliphatic carbocycles. The average Bonchev–Trinajstić information content (AvgIpc) is 2.58. The Morgan fingerprint density at radius 1 is 0.320 bits per heavy atom. The van der Waals surface area contributed by atoms with Gasteiger partial charge in [-0.2, -0.15) is 0 Å². The summed E-state index contributed by atoms with van der Waals surface area (Å²) in [5, 5.41) is -1.90. The summed E-state index contributed by atoms with van der Waals surface area (Å²) in [6.07, 6.45) is 0. The second-order valence-electron chi connectivity index (χ2n) is 3.97. The van der Waals surface area contributed by atoms with Crippen LogP contribution in [0.15, 0.2) is 0 Å². The van der Waals surface area contributed by atoms with Crippen molar-refractivity contribution in [3.63, 3.8) is 0 Å². The average molecular weight is 481 g/mol. The van der Waals surface area contributed by atoms with E-state index in [4.69, 9.17) is 0 Å². The standard InChI is InChI=1S/2C6H2F5P.BrH/c2*7-1-2(8)4(10)6(12)5(11)3(1)9;/h2*12H2;1H. The molecule has 0 aliphatic rings. The highest BCUT2D eigenvalue weighted by molar-refractivity contribution is 8.93. The van der Waals surface area contributed by atoms with Crippen molar-refractivity contribution in [1.82, 2.24) is 0 Å². The van der Waals surface area contributed by atoms with E-state index in [0.29, 0.717) is 0 Å². The molecular weight excluding hydrogens is 476 g/mol. The van der Waals surface area contributed by atoms with Crippen molar-refractivity contribution in [2.75, 3.05) is 0 Å². The first-order valence-corrected chi connectivity index (χ1v) is 6.62. The van der Waals surface area contributed by atoms with E-state index in [1.165, 1.54) is 18.5 Å². The molecule has 2 aromatic carbocycles. The number of halogens is 11. The van der Waals surface area contributed by atoms with E-state index >= 15 is 0 Å². The van der Waals surface area contributed by atoms with Crippen LogP contribution < -0.4 is 10.6 Å². The molecule has 140 valence electrons. The molecule has 2 atom stereocenters. The molecule has 0 heterocycles. The van der Waals surface area contributed by atoms with E-state index in [1.807, 2.05) is 0 Å². The Kier molecular flexibility index (Phi) is 8.81. The van der Waals surface area contributed by atoms with E-state index in [1.54, 1.807) is 0 Å². The monoisotopic (exact) mass is 480 g/mol. The molecule has 2 aromatic rings. The minimum atomic E-state index is -2.14. The molecule has 2 unspecified atom stereocenters. The Balaban J connectivity index is 0.000000443. The van der Waals surface area contributed by atoms with Crippen molar-refractivity contribution >= 4 is 46.1 Å². The van der Waals surface area contributed by atoms with Crippen LogP contribution in [0.3, 0.4) is 0 Å². The van der Waals surface area contributed by atoms with E-state index in [9.17, 15) is 43.9 Å². The van der Waals surface area contributed by atoms with Gasteiger partial charge in [0.1, 0.15) is 0 Å². The van der Waals surface area contributed by atoms with Gasteiger partial charge >= 0.3 is 0 Å². The third-order valence-electron chi connectivity index (χ3n) is 2.49. The minimum Gasteiger partial charge on any atom is -0.203 e. The molecule has 25 heavy (non-hydrogen) atoms. The SMILES string of the molecule is Br.Fc1c(F)c(F)c(P)c(F)c1F.Fc1c(F)c(F)c(P)c(F)c1F. The highest BCUT2D eigenvalue weighted by Gasteiger charge is 2.23. The molecule has 0 amide bonds. The molecule has 0 saturated heterocycles. The molecule has 0 aromatic heterocycles. The van der Waals surface area contributed by atoms with Crippen molar-refractivity contribution in [1.29, 1.82) is 0 Å². The van der Waals surface area contributed by atoms with E-state index in [2.05, 4.69) is 0 Å². The summed E-state index contributed by atoms with van der Waals surface area (Å²) in [5.41, 5.74) is 0. The van der Waals surface area contributed by atoms with Gasteiger partial charge in [0.25, 0.3) is 0 Å². The van der Waals surface area contributed by atoms with Gasteiger partial charge in [-0.15, -0.1) is 17.0 Å². The van der Waals surface area contributed by atoms with Gasteiger partial charge in [-0.25, -0.2) is 43.9 Å². The van der Waals surface area contributed by atoms with E-state index in [-0.39, 0.29) is 17.0 Å². The van der Waals surface area contributed by atoms with Crippen LogP contribution in [0, 0.1) is 58.2 Å². The number of rotatable bonds is 0. The maximum atomic E-state index is 12.4. The topological polar surface area (TPSA) is 0 Å². The zero-order chi connectivity index (χ0) is 18.9. The van der Waals surface area contributed by atoms with Crippen LogP contribution in [0.1, 0.15) is 0 Å². The smallest absolute Gasteiger partial charge is 0.200 e. The van der Waals surface area contributed by atoms with Gasteiger partial charge in [-0.3, -0.25) is 0 Å². The Bertz CT molecular complexity index is 534. The summed E-state index contributed by atoms with van der Waals surface area (Å²) in [6.45, 7) is 0. The van der Waals surface area contributed by atoms with Crippen LogP contribution in [-0.2, 0) is 0 Å². The largest absolute Gasteiger partial charge is 0.203 e. The number of hydrogen-bond acceptors (Lipinski definition) is 0. The summed E-state index contributed by atoms with van der Waals surface area (Å²) in [5.74, 6) is -19.3. The third-order valence-corrected chi connectivity index (χ3v) is 3.50. The maximum Gasteiger partial charge on any atom is 0.200 e. The fourth-order valence-electron chi connectivity index (χ4n) is 1.24. The molecule has 0 bridgehead atoms. The molecule has 0 N–H and O–H groups in total. The molecule has 0 fully saturated rings. The summed E-state index contributed by atoms with van der Waals surface area (Å²) in [7, 11) is 2.88. The van der Waals surface area contributed by atoms with Gasteiger partial charge in [0.2, 0.25) is 11.6 Å². The van der Waals surface area contributed by atoms with Crippen molar-refractivity contribution in [3.8, 4) is 0 Å². The Labute approximate surface area is 148 Å². The summed E-state index contributed by atoms with van der Waals surface area (Å²) in [6, 6.07) is 0. The second kappa shape index (κ2) is 9.14. The lowest BCUT2D eigenvalue weighted by Crippen LogP contribution is -2.13. The van der Waals surface area contributed by atoms with Crippen LogP contribution in [0.4, 0.5) is 43.9 Å². The fourth-order valence-corrected chi connectivity index (χ4v) is 1.75. The van der Waals surface area contributed by atoms with Crippen molar-refractivity contribution in [2.24, 2.45) is 0 Å². The predicted octanol–water partition coefficient (Wildman–Crippen LogP) is 4.34. The second-order valence-corrected chi connectivity index (χ2v) is 5.12. The molecule has 0 saturated carbocycles. The van der Waals surface area contributed by atoms with Gasteiger partial charge in [-0.05, 0) is 0 Å². The molecular formula is C12H5BrF10P2. The summed E-state index contributed by atoms with van der Waals surface area (Å²) in [4.78, 5) is 0. The summed E-state index contributed by atoms with van der Waals surface area (Å²) < 4.78 is 123. The zero-order valence-corrected chi connectivity index (χ0v) is 15.4. The van der Waals surface area contributed by atoms with Gasteiger partial charge in [0, 0.05) is 10.6 Å². The normalized spacial score (nSPS) is 10.1. The lowest BCUT2D eigenvalue weighted by atomic mass is 10.3. The summed E-state index contributed by atoms with van der Waals surface area (Å²) >= 11 is 0. The molecule has 0 aliphatic heterocycles. The van der Waals surface area contributed by atoms with Crippen molar-refractivity contribution in [3.05, 3.63) is 58.2 Å². The quantitative estimate of drug-likeness (QED) is 0.228. The minimum absolute atomic E-state index is 0. The first kappa shape index (κ1) is 24.1.